The minimum Gasteiger partial charge on any atom is -0.298 e. The SMILES string of the molecule is N#Cc1ccc(CSc2ccc(C=O)cc2)c(Cl)c1. The van der Waals surface area contributed by atoms with E-state index in [-0.39, 0.29) is 0 Å². The van der Waals surface area contributed by atoms with Crippen LogP contribution in [0.25, 0.3) is 0 Å². The number of hydrogen-bond acceptors (Lipinski definition) is 3. The van der Waals surface area contributed by atoms with E-state index in [4.69, 9.17) is 16.9 Å². The Kier molecular flexibility index (Phi) is 4.62. The molecule has 2 rings (SSSR count). The predicted molar refractivity (Wildman–Crippen MR) is 77.6 cm³/mol. The second-order valence-electron chi connectivity index (χ2n) is 3.89. The molecule has 0 unspecified atom stereocenters. The van der Waals surface area contributed by atoms with E-state index in [9.17, 15) is 4.79 Å². The van der Waals surface area contributed by atoms with Crippen LogP contribution in [0, 0.1) is 11.3 Å². The summed E-state index contributed by atoms with van der Waals surface area (Å²) in [5.41, 5.74) is 2.22. The first kappa shape index (κ1) is 13.7. The molecular weight excluding hydrogens is 278 g/mol. The maximum absolute atomic E-state index is 10.6. The van der Waals surface area contributed by atoms with Crippen LogP contribution in [0.1, 0.15) is 21.5 Å². The topological polar surface area (TPSA) is 40.9 Å². The molecule has 2 aromatic rings. The quantitative estimate of drug-likeness (QED) is 0.621. The van der Waals surface area contributed by atoms with Gasteiger partial charge in [-0.2, -0.15) is 5.26 Å². The van der Waals surface area contributed by atoms with Crippen molar-refractivity contribution in [2.24, 2.45) is 0 Å². The maximum Gasteiger partial charge on any atom is 0.150 e. The van der Waals surface area contributed by atoms with Gasteiger partial charge in [-0.25, -0.2) is 0 Å². The highest BCUT2D eigenvalue weighted by molar-refractivity contribution is 7.98. The average molecular weight is 288 g/mol. The minimum absolute atomic E-state index is 0.564. The van der Waals surface area contributed by atoms with Gasteiger partial charge < -0.3 is 0 Å². The summed E-state index contributed by atoms with van der Waals surface area (Å²) in [6.45, 7) is 0. The molecule has 0 N–H and O–H groups in total. The van der Waals surface area contributed by atoms with E-state index in [0.717, 1.165) is 22.5 Å². The Hall–Kier alpha value is -1.76. The van der Waals surface area contributed by atoms with E-state index >= 15 is 0 Å². The number of nitriles is 1. The molecule has 0 heterocycles. The van der Waals surface area contributed by atoms with Crippen LogP contribution < -0.4 is 0 Å². The second-order valence-corrected chi connectivity index (χ2v) is 5.35. The fourth-order valence-corrected chi connectivity index (χ4v) is 2.77. The van der Waals surface area contributed by atoms with Gasteiger partial charge in [-0.1, -0.05) is 29.8 Å². The highest BCUT2D eigenvalue weighted by atomic mass is 35.5. The summed E-state index contributed by atoms with van der Waals surface area (Å²) < 4.78 is 0. The molecule has 0 spiro atoms. The van der Waals surface area contributed by atoms with Crippen molar-refractivity contribution in [1.82, 2.24) is 0 Å². The van der Waals surface area contributed by atoms with Crippen molar-refractivity contribution < 1.29 is 4.79 Å². The van der Waals surface area contributed by atoms with Crippen LogP contribution >= 0.6 is 23.4 Å². The third-order valence-corrected chi connectivity index (χ3v) is 4.01. The maximum atomic E-state index is 10.6. The van der Waals surface area contributed by atoms with Crippen molar-refractivity contribution in [2.45, 2.75) is 10.6 Å². The fraction of sp³-hybridized carbons (Fsp3) is 0.0667. The first-order valence-corrected chi connectivity index (χ1v) is 6.96. The van der Waals surface area contributed by atoms with E-state index < -0.39 is 0 Å². The summed E-state index contributed by atoms with van der Waals surface area (Å²) in [5, 5.41) is 9.38. The Morgan fingerprint density at radius 2 is 1.95 bits per heavy atom. The zero-order chi connectivity index (χ0) is 13.7. The number of hydrogen-bond donors (Lipinski definition) is 0. The molecule has 0 amide bonds. The average Bonchev–Trinajstić information content (AvgIpc) is 2.46. The van der Waals surface area contributed by atoms with Crippen LogP contribution in [0.4, 0.5) is 0 Å². The molecule has 0 saturated carbocycles. The largest absolute Gasteiger partial charge is 0.298 e. The molecule has 0 aliphatic heterocycles. The number of carbonyl (C=O) groups is 1. The van der Waals surface area contributed by atoms with Gasteiger partial charge in [-0.05, 0) is 29.8 Å². The van der Waals surface area contributed by atoms with Gasteiger partial charge in [0.2, 0.25) is 0 Å². The highest BCUT2D eigenvalue weighted by Crippen LogP contribution is 2.27. The van der Waals surface area contributed by atoms with E-state index in [2.05, 4.69) is 6.07 Å². The summed E-state index contributed by atoms with van der Waals surface area (Å²) in [4.78, 5) is 11.6. The van der Waals surface area contributed by atoms with E-state index in [0.29, 0.717) is 16.1 Å². The molecular formula is C15H10ClNOS. The molecule has 0 aromatic heterocycles. The highest BCUT2D eigenvalue weighted by Gasteiger charge is 2.03. The summed E-state index contributed by atoms with van der Waals surface area (Å²) in [6, 6.07) is 14.8. The predicted octanol–water partition coefficient (Wildman–Crippen LogP) is 4.32. The second kappa shape index (κ2) is 6.42. The normalized spacial score (nSPS) is 9.89. The number of thioether (sulfide) groups is 1. The number of nitrogens with zero attached hydrogens (tertiary/aromatic N) is 1. The van der Waals surface area contributed by atoms with Crippen molar-refractivity contribution in [3.63, 3.8) is 0 Å². The van der Waals surface area contributed by atoms with Crippen LogP contribution in [0.2, 0.25) is 5.02 Å². The zero-order valence-corrected chi connectivity index (χ0v) is 11.5. The van der Waals surface area contributed by atoms with E-state index in [1.54, 1.807) is 36.0 Å². The molecule has 94 valence electrons. The Morgan fingerprint density at radius 1 is 1.21 bits per heavy atom. The van der Waals surface area contributed by atoms with Gasteiger partial charge in [-0.15, -0.1) is 11.8 Å². The van der Waals surface area contributed by atoms with Gasteiger partial charge in [0.1, 0.15) is 6.29 Å². The van der Waals surface area contributed by atoms with E-state index in [1.807, 2.05) is 18.2 Å². The third kappa shape index (κ3) is 3.60. The lowest BCUT2D eigenvalue weighted by Gasteiger charge is -2.05. The van der Waals surface area contributed by atoms with Crippen molar-refractivity contribution in [3.8, 4) is 6.07 Å². The molecule has 0 bridgehead atoms. The lowest BCUT2D eigenvalue weighted by Crippen LogP contribution is -1.85. The monoisotopic (exact) mass is 287 g/mol. The number of rotatable bonds is 4. The van der Waals surface area contributed by atoms with Crippen LogP contribution in [-0.4, -0.2) is 6.29 Å². The van der Waals surface area contributed by atoms with Crippen LogP contribution in [0.3, 0.4) is 0 Å². The summed E-state index contributed by atoms with van der Waals surface area (Å²) in [6.07, 6.45) is 0.825. The van der Waals surface area contributed by atoms with Crippen molar-refractivity contribution in [3.05, 3.63) is 64.2 Å². The van der Waals surface area contributed by atoms with Crippen molar-refractivity contribution in [1.29, 1.82) is 5.26 Å². The number of halogens is 1. The Bertz CT molecular complexity index is 632. The molecule has 0 aliphatic rings. The molecule has 0 saturated heterocycles. The van der Waals surface area contributed by atoms with Gasteiger partial charge in [-0.3, -0.25) is 4.79 Å². The minimum atomic E-state index is 0.564. The van der Waals surface area contributed by atoms with Gasteiger partial charge in [0.25, 0.3) is 0 Å². The van der Waals surface area contributed by atoms with Crippen LogP contribution in [-0.2, 0) is 5.75 Å². The van der Waals surface area contributed by atoms with E-state index in [1.165, 1.54) is 0 Å². The van der Waals surface area contributed by atoms with Gasteiger partial charge in [0.15, 0.2) is 0 Å². The van der Waals surface area contributed by atoms with Crippen LogP contribution in [0.5, 0.6) is 0 Å². The molecule has 4 heteroatoms. The lowest BCUT2D eigenvalue weighted by molar-refractivity contribution is 0.112. The third-order valence-electron chi connectivity index (χ3n) is 2.59. The van der Waals surface area contributed by atoms with Gasteiger partial charge >= 0.3 is 0 Å². The first-order valence-electron chi connectivity index (χ1n) is 5.59. The number of aldehydes is 1. The smallest absolute Gasteiger partial charge is 0.150 e. The van der Waals surface area contributed by atoms with Gasteiger partial charge in [0, 0.05) is 21.2 Å². The fourth-order valence-electron chi connectivity index (χ4n) is 1.54. The van der Waals surface area contributed by atoms with Crippen LogP contribution in [0.15, 0.2) is 47.4 Å². The lowest BCUT2D eigenvalue weighted by atomic mass is 10.2. The number of benzene rings is 2. The molecule has 2 aromatic carbocycles. The summed E-state index contributed by atoms with van der Waals surface area (Å²) >= 11 is 7.75. The molecule has 19 heavy (non-hydrogen) atoms. The molecule has 0 aliphatic carbocycles. The Labute approximate surface area is 121 Å². The standard InChI is InChI=1S/C15H10ClNOS/c16-15-7-12(8-17)1-4-13(15)10-19-14-5-2-11(9-18)3-6-14/h1-7,9H,10H2. The van der Waals surface area contributed by atoms with Crippen molar-refractivity contribution in [2.75, 3.05) is 0 Å². The first-order chi connectivity index (χ1) is 9.22. The molecule has 0 fully saturated rings. The number of carbonyl (C=O) groups excluding carboxylic acids is 1. The van der Waals surface area contributed by atoms with Crippen molar-refractivity contribution >= 4 is 29.6 Å². The molecule has 0 radical (unpaired) electrons. The molecule has 0 atom stereocenters. The summed E-state index contributed by atoms with van der Waals surface area (Å²) in [7, 11) is 0. The zero-order valence-electron chi connectivity index (χ0n) is 9.97. The Morgan fingerprint density at radius 3 is 2.53 bits per heavy atom. The molecule has 2 nitrogen and oxygen atoms in total. The summed E-state index contributed by atoms with van der Waals surface area (Å²) in [5.74, 6) is 0.727. The van der Waals surface area contributed by atoms with Gasteiger partial charge in [0.05, 0.1) is 11.6 Å². The Balaban J connectivity index is 2.05.